The van der Waals surface area contributed by atoms with E-state index in [9.17, 15) is 24.3 Å². The number of hydrogen-bond donors (Lipinski definition) is 2. The van der Waals surface area contributed by atoms with E-state index in [0.717, 1.165) is 10.4 Å². The van der Waals surface area contributed by atoms with Crippen LogP contribution in [0.15, 0.2) is 41.8 Å². The van der Waals surface area contributed by atoms with Gasteiger partial charge in [-0.1, -0.05) is 52.8 Å². The molecule has 8 nitrogen and oxygen atoms in total. The van der Waals surface area contributed by atoms with Gasteiger partial charge in [0, 0.05) is 17.0 Å². The van der Waals surface area contributed by atoms with Gasteiger partial charge in [0.25, 0.3) is 11.8 Å². The van der Waals surface area contributed by atoms with Crippen LogP contribution >= 0.6 is 11.3 Å². The molecule has 2 aliphatic heterocycles. The molecule has 0 aliphatic carbocycles. The Hall–Kier alpha value is -3.04. The summed E-state index contributed by atoms with van der Waals surface area (Å²) in [5.74, 6) is -1.22. The molecule has 38 heavy (non-hydrogen) atoms. The van der Waals surface area contributed by atoms with Gasteiger partial charge in [-0.25, -0.2) is 0 Å². The minimum atomic E-state index is -1.24. The van der Waals surface area contributed by atoms with Crippen LogP contribution in [0.2, 0.25) is 0 Å². The Balaban J connectivity index is 1.48. The summed E-state index contributed by atoms with van der Waals surface area (Å²) in [5.41, 5.74) is 0.807. The number of benzene rings is 1. The summed E-state index contributed by atoms with van der Waals surface area (Å²) in [6.45, 7) is 9.45. The van der Waals surface area contributed by atoms with Gasteiger partial charge in [-0.15, -0.1) is 11.3 Å². The van der Waals surface area contributed by atoms with E-state index in [1.165, 1.54) is 9.80 Å². The second-order valence-corrected chi connectivity index (χ2v) is 12.7. The maximum Gasteiger partial charge on any atom is 0.252 e. The Morgan fingerprint density at radius 3 is 2.34 bits per heavy atom. The van der Waals surface area contributed by atoms with Crippen molar-refractivity contribution in [3.05, 3.63) is 47.3 Å². The van der Waals surface area contributed by atoms with Crippen molar-refractivity contribution in [2.75, 3.05) is 13.1 Å². The van der Waals surface area contributed by atoms with Crippen molar-refractivity contribution < 1.29 is 24.3 Å². The number of ketones is 1. The van der Waals surface area contributed by atoms with E-state index in [4.69, 9.17) is 0 Å². The SMILES string of the molecule is CC(C)CC(NC(=O)c1ccc(-c2cccs2)cc1)C(=O)N1CCC2C1C(=O)CN2C(=O)C(O)C(C)(C)C. The van der Waals surface area contributed by atoms with Crippen molar-refractivity contribution in [2.24, 2.45) is 11.3 Å². The first-order valence-electron chi connectivity index (χ1n) is 13.1. The number of likely N-dealkylation sites (tertiary alicyclic amines) is 2. The van der Waals surface area contributed by atoms with Crippen LogP contribution in [0.5, 0.6) is 0 Å². The minimum Gasteiger partial charge on any atom is -0.383 e. The Bertz CT molecular complexity index is 1190. The molecule has 2 fully saturated rings. The van der Waals surface area contributed by atoms with Gasteiger partial charge in [-0.2, -0.15) is 0 Å². The monoisotopic (exact) mass is 539 g/mol. The van der Waals surface area contributed by atoms with Crippen LogP contribution < -0.4 is 5.32 Å². The van der Waals surface area contributed by atoms with Crippen molar-refractivity contribution in [2.45, 2.75) is 71.7 Å². The fourth-order valence-electron chi connectivity index (χ4n) is 5.25. The standard InChI is InChI=1S/C29H37N3O5S/c1-17(2)15-20(30-26(35)19-10-8-18(9-11-19)23-7-6-14-38-23)27(36)31-13-12-21-24(31)22(33)16-32(21)28(37)25(34)29(3,4)5/h6-11,14,17,20-21,24-25,34H,12-13,15-16H2,1-5H3,(H,30,35). The Morgan fingerprint density at radius 2 is 1.76 bits per heavy atom. The molecule has 2 aromatic rings. The molecule has 2 aliphatic rings. The molecule has 1 aromatic carbocycles. The molecule has 0 spiro atoms. The summed E-state index contributed by atoms with van der Waals surface area (Å²) in [4.78, 5) is 56.9. The summed E-state index contributed by atoms with van der Waals surface area (Å²) in [7, 11) is 0. The van der Waals surface area contributed by atoms with Crippen LogP contribution in [0.1, 0.15) is 57.8 Å². The molecular formula is C29H37N3O5S. The number of Topliss-reactive ketones (excluding diaryl/α,β-unsaturated/α-hetero) is 1. The maximum atomic E-state index is 13.7. The van der Waals surface area contributed by atoms with Crippen molar-refractivity contribution in [1.29, 1.82) is 0 Å². The number of fused-ring (bicyclic) bond motifs is 1. The smallest absolute Gasteiger partial charge is 0.252 e. The Labute approximate surface area is 228 Å². The molecule has 2 saturated heterocycles. The molecule has 3 amide bonds. The highest BCUT2D eigenvalue weighted by molar-refractivity contribution is 7.13. The van der Waals surface area contributed by atoms with Crippen LogP contribution in [-0.4, -0.2) is 75.7 Å². The van der Waals surface area contributed by atoms with Crippen LogP contribution in [0.4, 0.5) is 0 Å². The summed E-state index contributed by atoms with van der Waals surface area (Å²) < 4.78 is 0. The van der Waals surface area contributed by atoms with E-state index in [2.05, 4.69) is 5.32 Å². The van der Waals surface area contributed by atoms with E-state index < -0.39 is 35.6 Å². The molecule has 0 radical (unpaired) electrons. The van der Waals surface area contributed by atoms with Gasteiger partial charge in [-0.05, 0) is 53.3 Å². The molecule has 204 valence electrons. The highest BCUT2D eigenvalue weighted by Crippen LogP contribution is 2.33. The van der Waals surface area contributed by atoms with Crippen molar-refractivity contribution >= 4 is 34.8 Å². The number of carbonyl (C=O) groups is 4. The molecule has 4 unspecified atom stereocenters. The van der Waals surface area contributed by atoms with Crippen LogP contribution in [0, 0.1) is 11.3 Å². The summed E-state index contributed by atoms with van der Waals surface area (Å²) >= 11 is 1.62. The molecule has 9 heteroatoms. The first-order chi connectivity index (χ1) is 17.9. The van der Waals surface area contributed by atoms with E-state index in [1.54, 1.807) is 44.2 Å². The van der Waals surface area contributed by atoms with Crippen LogP contribution in [-0.2, 0) is 14.4 Å². The number of carbonyl (C=O) groups excluding carboxylic acids is 4. The average Bonchev–Trinajstić information content (AvgIpc) is 3.60. The van der Waals surface area contributed by atoms with E-state index in [1.807, 2.05) is 43.5 Å². The highest BCUT2D eigenvalue weighted by Gasteiger charge is 2.53. The molecule has 4 atom stereocenters. The number of amides is 3. The zero-order valence-corrected chi connectivity index (χ0v) is 23.5. The van der Waals surface area contributed by atoms with Crippen molar-refractivity contribution in [1.82, 2.24) is 15.1 Å². The largest absolute Gasteiger partial charge is 0.383 e. The van der Waals surface area contributed by atoms with Gasteiger partial charge in [-0.3, -0.25) is 19.2 Å². The summed E-state index contributed by atoms with van der Waals surface area (Å²) in [6, 6.07) is 9.25. The molecule has 4 rings (SSSR count). The minimum absolute atomic E-state index is 0.122. The highest BCUT2D eigenvalue weighted by atomic mass is 32.1. The second-order valence-electron chi connectivity index (χ2n) is 11.7. The third-order valence-corrected chi connectivity index (χ3v) is 8.23. The third-order valence-electron chi connectivity index (χ3n) is 7.31. The van der Waals surface area contributed by atoms with Gasteiger partial charge >= 0.3 is 0 Å². The number of rotatable bonds is 7. The first-order valence-corrected chi connectivity index (χ1v) is 14.0. The number of aliphatic hydroxyl groups excluding tert-OH is 1. The number of nitrogens with one attached hydrogen (secondary N) is 1. The summed E-state index contributed by atoms with van der Waals surface area (Å²) in [6.07, 6.45) is -0.360. The normalized spacial score (nSPS) is 21.0. The molecule has 3 heterocycles. The second kappa shape index (κ2) is 11.0. The zero-order chi connectivity index (χ0) is 27.8. The average molecular weight is 540 g/mol. The predicted molar refractivity (Wildman–Crippen MR) is 147 cm³/mol. The van der Waals surface area contributed by atoms with Gasteiger partial charge < -0.3 is 20.2 Å². The topological polar surface area (TPSA) is 107 Å². The fraction of sp³-hybridized carbons (Fsp3) is 0.517. The number of nitrogens with zero attached hydrogens (tertiary/aromatic N) is 2. The van der Waals surface area contributed by atoms with Crippen LogP contribution in [0.25, 0.3) is 10.4 Å². The predicted octanol–water partition coefficient (Wildman–Crippen LogP) is 3.35. The van der Waals surface area contributed by atoms with Crippen molar-refractivity contribution in [3.63, 3.8) is 0 Å². The zero-order valence-electron chi connectivity index (χ0n) is 22.6. The molecule has 0 bridgehead atoms. The van der Waals surface area contributed by atoms with E-state index in [0.29, 0.717) is 24.9 Å². The van der Waals surface area contributed by atoms with Gasteiger partial charge in [0.1, 0.15) is 18.2 Å². The molecule has 2 N–H and O–H groups in total. The number of hydrogen-bond acceptors (Lipinski definition) is 6. The van der Waals surface area contributed by atoms with E-state index in [-0.39, 0.29) is 30.1 Å². The number of thiophene rings is 1. The van der Waals surface area contributed by atoms with Gasteiger partial charge in [0.15, 0.2) is 5.78 Å². The Kier molecular flexibility index (Phi) is 8.09. The lowest BCUT2D eigenvalue weighted by Gasteiger charge is -2.31. The lowest BCUT2D eigenvalue weighted by molar-refractivity contribution is -0.147. The van der Waals surface area contributed by atoms with E-state index >= 15 is 0 Å². The molecular weight excluding hydrogens is 502 g/mol. The maximum absolute atomic E-state index is 13.7. The lowest BCUT2D eigenvalue weighted by Crippen LogP contribution is -2.53. The van der Waals surface area contributed by atoms with Gasteiger partial charge in [0.2, 0.25) is 5.91 Å². The van der Waals surface area contributed by atoms with Gasteiger partial charge in [0.05, 0.1) is 12.6 Å². The fourth-order valence-corrected chi connectivity index (χ4v) is 5.98. The first kappa shape index (κ1) is 28.0. The molecule has 1 aromatic heterocycles. The summed E-state index contributed by atoms with van der Waals surface area (Å²) in [5, 5.41) is 15.4. The molecule has 0 saturated carbocycles. The van der Waals surface area contributed by atoms with Crippen LogP contribution in [0.3, 0.4) is 0 Å². The third kappa shape index (κ3) is 5.68. The quantitative estimate of drug-likeness (QED) is 0.561. The lowest BCUT2D eigenvalue weighted by atomic mass is 9.88. The Morgan fingerprint density at radius 1 is 1.08 bits per heavy atom. The van der Waals surface area contributed by atoms with Crippen molar-refractivity contribution in [3.8, 4) is 10.4 Å². The number of aliphatic hydroxyl groups is 1.